The van der Waals surface area contributed by atoms with Gasteiger partial charge in [0.05, 0.1) is 24.4 Å². The van der Waals surface area contributed by atoms with Crippen LogP contribution in [0.25, 0.3) is 10.9 Å². The number of aromatic nitrogens is 1. The number of aryl methyl sites for hydroxylation is 1. The first-order chi connectivity index (χ1) is 17.5. The second-order valence-electron chi connectivity index (χ2n) is 9.02. The fourth-order valence-corrected chi connectivity index (χ4v) is 4.82. The molecule has 182 valence electrons. The van der Waals surface area contributed by atoms with E-state index in [1.807, 2.05) is 85.8 Å². The number of fused-ring (bicyclic) bond motifs is 2. The van der Waals surface area contributed by atoms with Gasteiger partial charge in [0.15, 0.2) is 0 Å². The number of ether oxygens (including phenoxy) is 1. The summed E-state index contributed by atoms with van der Waals surface area (Å²) in [5, 5.41) is 10.1. The summed E-state index contributed by atoms with van der Waals surface area (Å²) in [5.74, 6) is 0.123. The standard InChI is InChI=1S/C29H27N3O4/c1-19-14-22(24-7-4-5-9-26(24)30-19)18-36-23-12-10-20(11-13-23)15-29(34)32-17-21-6-2-3-8-25(21)27(32)16-28(33)31-35/h2-14,27,35H,15-18H2,1H3,(H,31,33). The van der Waals surface area contributed by atoms with E-state index in [1.165, 1.54) is 0 Å². The highest BCUT2D eigenvalue weighted by Gasteiger charge is 2.34. The van der Waals surface area contributed by atoms with Gasteiger partial charge in [0, 0.05) is 23.2 Å². The number of benzene rings is 3. The quantitative estimate of drug-likeness (QED) is 0.296. The highest BCUT2D eigenvalue weighted by molar-refractivity contribution is 5.83. The first-order valence-corrected chi connectivity index (χ1v) is 11.9. The summed E-state index contributed by atoms with van der Waals surface area (Å²) in [5.41, 5.74) is 7.47. The Balaban J connectivity index is 1.25. The van der Waals surface area contributed by atoms with Crippen LogP contribution >= 0.6 is 0 Å². The van der Waals surface area contributed by atoms with E-state index in [4.69, 9.17) is 9.94 Å². The lowest BCUT2D eigenvalue weighted by Crippen LogP contribution is -2.34. The first kappa shape index (κ1) is 23.5. The lowest BCUT2D eigenvalue weighted by Gasteiger charge is -2.25. The van der Waals surface area contributed by atoms with E-state index < -0.39 is 11.9 Å². The summed E-state index contributed by atoms with van der Waals surface area (Å²) in [6.45, 7) is 2.84. The SMILES string of the molecule is Cc1cc(COc2ccc(CC(=O)N3Cc4ccccc4C3CC(=O)NO)cc2)c2ccccc2n1. The molecule has 0 radical (unpaired) electrons. The molecule has 0 spiro atoms. The van der Waals surface area contributed by atoms with Gasteiger partial charge in [-0.2, -0.15) is 0 Å². The van der Waals surface area contributed by atoms with Crippen molar-refractivity contribution in [2.24, 2.45) is 0 Å². The summed E-state index contributed by atoms with van der Waals surface area (Å²) >= 11 is 0. The molecule has 3 aromatic carbocycles. The topological polar surface area (TPSA) is 91.8 Å². The number of nitrogens with one attached hydrogen (secondary N) is 1. The van der Waals surface area contributed by atoms with Crippen LogP contribution in [0.1, 0.15) is 40.4 Å². The average molecular weight is 482 g/mol. The van der Waals surface area contributed by atoms with Crippen LogP contribution in [0.4, 0.5) is 0 Å². The van der Waals surface area contributed by atoms with Crippen molar-refractivity contribution >= 4 is 22.7 Å². The van der Waals surface area contributed by atoms with E-state index in [-0.39, 0.29) is 18.7 Å². The predicted molar refractivity (Wildman–Crippen MR) is 135 cm³/mol. The molecule has 0 saturated carbocycles. The van der Waals surface area contributed by atoms with Crippen LogP contribution in [-0.4, -0.2) is 26.9 Å². The van der Waals surface area contributed by atoms with Crippen LogP contribution in [0, 0.1) is 6.92 Å². The largest absolute Gasteiger partial charge is 0.489 e. The molecule has 1 aromatic heterocycles. The number of pyridine rings is 1. The zero-order valence-corrected chi connectivity index (χ0v) is 20.0. The molecule has 1 atom stereocenters. The molecule has 5 rings (SSSR count). The van der Waals surface area contributed by atoms with E-state index in [0.29, 0.717) is 13.2 Å². The molecule has 7 nitrogen and oxygen atoms in total. The van der Waals surface area contributed by atoms with Crippen LogP contribution in [0.15, 0.2) is 78.9 Å². The summed E-state index contributed by atoms with van der Waals surface area (Å²) in [6, 6.07) is 24.9. The van der Waals surface area contributed by atoms with E-state index >= 15 is 0 Å². The van der Waals surface area contributed by atoms with Crippen molar-refractivity contribution in [3.05, 3.63) is 107 Å². The van der Waals surface area contributed by atoms with E-state index in [1.54, 1.807) is 10.4 Å². The molecule has 2 N–H and O–H groups in total. The van der Waals surface area contributed by atoms with Crippen molar-refractivity contribution in [1.82, 2.24) is 15.4 Å². The summed E-state index contributed by atoms with van der Waals surface area (Å²) in [4.78, 5) is 31.4. The Morgan fingerprint density at radius 3 is 2.61 bits per heavy atom. The highest BCUT2D eigenvalue weighted by atomic mass is 16.5. The fraction of sp³-hybridized carbons (Fsp3) is 0.207. The summed E-state index contributed by atoms with van der Waals surface area (Å²) in [7, 11) is 0. The Kier molecular flexibility index (Phi) is 6.64. The number of carbonyl (C=O) groups is 2. The predicted octanol–water partition coefficient (Wildman–Crippen LogP) is 4.64. The molecular formula is C29H27N3O4. The minimum absolute atomic E-state index is 0.00912. The summed E-state index contributed by atoms with van der Waals surface area (Å²) in [6.07, 6.45) is 0.217. The number of para-hydroxylation sites is 1. The number of hydrogen-bond acceptors (Lipinski definition) is 5. The first-order valence-electron chi connectivity index (χ1n) is 11.9. The summed E-state index contributed by atoms with van der Waals surface area (Å²) < 4.78 is 6.04. The zero-order valence-electron chi connectivity index (χ0n) is 20.0. The van der Waals surface area contributed by atoms with Gasteiger partial charge in [-0.25, -0.2) is 5.48 Å². The minimum atomic E-state index is -0.520. The highest BCUT2D eigenvalue weighted by Crippen LogP contribution is 2.36. The molecular weight excluding hydrogens is 454 g/mol. The molecule has 0 bridgehead atoms. The van der Waals surface area contributed by atoms with Gasteiger partial charge >= 0.3 is 0 Å². The molecule has 1 unspecified atom stereocenters. The molecule has 1 aliphatic heterocycles. The monoisotopic (exact) mass is 481 g/mol. The lowest BCUT2D eigenvalue weighted by molar-refractivity contribution is -0.136. The third kappa shape index (κ3) is 4.92. The Labute approximate surface area is 209 Å². The van der Waals surface area contributed by atoms with Gasteiger partial charge in [-0.3, -0.25) is 19.8 Å². The van der Waals surface area contributed by atoms with Gasteiger partial charge in [-0.15, -0.1) is 0 Å². The number of rotatable bonds is 7. The van der Waals surface area contributed by atoms with Crippen LogP contribution in [0.3, 0.4) is 0 Å². The van der Waals surface area contributed by atoms with Crippen molar-refractivity contribution in [2.75, 3.05) is 0 Å². The van der Waals surface area contributed by atoms with Gasteiger partial charge < -0.3 is 9.64 Å². The van der Waals surface area contributed by atoms with Crippen LogP contribution in [0.5, 0.6) is 5.75 Å². The average Bonchev–Trinajstić information content (AvgIpc) is 3.26. The van der Waals surface area contributed by atoms with Crippen LogP contribution in [-0.2, 0) is 29.2 Å². The number of hydrogen-bond donors (Lipinski definition) is 2. The molecule has 36 heavy (non-hydrogen) atoms. The maximum absolute atomic E-state index is 13.2. The molecule has 0 saturated heterocycles. The van der Waals surface area contributed by atoms with Crippen molar-refractivity contribution in [3.8, 4) is 5.75 Å². The van der Waals surface area contributed by atoms with E-state index in [2.05, 4.69) is 4.98 Å². The third-order valence-corrected chi connectivity index (χ3v) is 6.56. The van der Waals surface area contributed by atoms with Crippen molar-refractivity contribution in [2.45, 2.75) is 39.0 Å². The number of amides is 2. The zero-order chi connectivity index (χ0) is 25.1. The van der Waals surface area contributed by atoms with Crippen LogP contribution in [0.2, 0.25) is 0 Å². The van der Waals surface area contributed by atoms with Gasteiger partial charge in [-0.1, -0.05) is 54.6 Å². The fourth-order valence-electron chi connectivity index (χ4n) is 4.82. The Hall–Kier alpha value is -4.23. The Bertz CT molecular complexity index is 1420. The third-order valence-electron chi connectivity index (χ3n) is 6.56. The van der Waals surface area contributed by atoms with E-state index in [9.17, 15) is 9.59 Å². The van der Waals surface area contributed by atoms with Gasteiger partial charge in [0.2, 0.25) is 11.8 Å². The number of carbonyl (C=O) groups excluding carboxylic acids is 2. The maximum atomic E-state index is 13.2. The normalized spacial score (nSPS) is 14.5. The molecule has 2 amide bonds. The lowest BCUT2D eigenvalue weighted by atomic mass is 10.0. The maximum Gasteiger partial charge on any atom is 0.245 e. The molecule has 4 aromatic rings. The minimum Gasteiger partial charge on any atom is -0.489 e. The van der Waals surface area contributed by atoms with Crippen molar-refractivity contribution in [1.29, 1.82) is 0 Å². The molecule has 7 heteroatoms. The van der Waals surface area contributed by atoms with Crippen LogP contribution < -0.4 is 10.2 Å². The second-order valence-corrected chi connectivity index (χ2v) is 9.02. The van der Waals surface area contributed by atoms with Crippen molar-refractivity contribution < 1.29 is 19.5 Å². The van der Waals surface area contributed by atoms with Crippen molar-refractivity contribution in [3.63, 3.8) is 0 Å². The number of nitrogens with zero attached hydrogens (tertiary/aromatic N) is 2. The molecule has 2 heterocycles. The van der Waals surface area contributed by atoms with Gasteiger partial charge in [0.1, 0.15) is 12.4 Å². The molecule has 0 aliphatic carbocycles. The number of hydroxylamine groups is 1. The molecule has 0 fully saturated rings. The smallest absolute Gasteiger partial charge is 0.245 e. The molecule has 1 aliphatic rings. The van der Waals surface area contributed by atoms with Gasteiger partial charge in [0.25, 0.3) is 0 Å². The second kappa shape index (κ2) is 10.2. The Morgan fingerprint density at radius 2 is 1.81 bits per heavy atom. The van der Waals surface area contributed by atoms with E-state index in [0.717, 1.165) is 44.6 Å². The van der Waals surface area contributed by atoms with Gasteiger partial charge in [-0.05, 0) is 47.9 Å². The Morgan fingerprint density at radius 1 is 1.06 bits per heavy atom.